The maximum absolute atomic E-state index is 12.9. The van der Waals surface area contributed by atoms with E-state index in [-0.39, 0.29) is 18.1 Å². The number of nitrogens with one attached hydrogen (secondary N) is 1. The molecule has 3 aromatic carbocycles. The predicted molar refractivity (Wildman–Crippen MR) is 115 cm³/mol. The number of aromatic hydroxyl groups is 1. The molecule has 1 amide bonds. The molecule has 2 N–H and O–H groups in total. The normalized spacial score (nSPS) is 11.9. The van der Waals surface area contributed by atoms with Crippen molar-refractivity contribution in [2.45, 2.75) is 19.4 Å². The van der Waals surface area contributed by atoms with Crippen molar-refractivity contribution < 1.29 is 9.90 Å². The number of hydrogen-bond acceptors (Lipinski definition) is 3. The van der Waals surface area contributed by atoms with Crippen LogP contribution in [0.1, 0.15) is 28.4 Å². The summed E-state index contributed by atoms with van der Waals surface area (Å²) in [4.78, 5) is 17.1. The third-order valence-corrected chi connectivity index (χ3v) is 5.01. The first-order valence-corrected chi connectivity index (χ1v) is 9.58. The van der Waals surface area contributed by atoms with Crippen molar-refractivity contribution in [3.63, 3.8) is 0 Å². The van der Waals surface area contributed by atoms with Crippen LogP contribution in [0.5, 0.6) is 5.75 Å². The SMILES string of the molecule is Cc1ccc(CC(=O)NC(c2ccccc2)c2c(O)ccc3ccccc23)cn1. The van der Waals surface area contributed by atoms with Crippen LogP contribution >= 0.6 is 0 Å². The summed E-state index contributed by atoms with van der Waals surface area (Å²) in [6, 6.07) is 24.5. The van der Waals surface area contributed by atoms with Crippen molar-refractivity contribution >= 4 is 16.7 Å². The molecule has 0 saturated heterocycles. The molecule has 4 heteroatoms. The third-order valence-electron chi connectivity index (χ3n) is 5.01. The van der Waals surface area contributed by atoms with Crippen LogP contribution < -0.4 is 5.32 Å². The quantitative estimate of drug-likeness (QED) is 0.526. The van der Waals surface area contributed by atoms with Crippen LogP contribution in [-0.2, 0) is 11.2 Å². The lowest BCUT2D eigenvalue weighted by Gasteiger charge is -2.22. The topological polar surface area (TPSA) is 62.2 Å². The van der Waals surface area contributed by atoms with Gasteiger partial charge in [-0.2, -0.15) is 0 Å². The molecule has 0 radical (unpaired) electrons. The first kappa shape index (κ1) is 18.7. The van der Waals surface area contributed by atoms with E-state index in [1.807, 2.05) is 79.7 Å². The number of nitrogens with zero attached hydrogens (tertiary/aromatic N) is 1. The van der Waals surface area contributed by atoms with E-state index in [0.29, 0.717) is 5.56 Å². The molecule has 0 bridgehead atoms. The van der Waals surface area contributed by atoms with Crippen molar-refractivity contribution in [1.82, 2.24) is 10.3 Å². The van der Waals surface area contributed by atoms with Gasteiger partial charge in [-0.3, -0.25) is 9.78 Å². The van der Waals surface area contributed by atoms with E-state index in [2.05, 4.69) is 10.3 Å². The Kier molecular flexibility index (Phi) is 5.25. The van der Waals surface area contributed by atoms with E-state index in [4.69, 9.17) is 0 Å². The molecule has 0 spiro atoms. The molecule has 0 saturated carbocycles. The number of phenolic OH excluding ortho intramolecular Hbond substituents is 1. The number of carbonyl (C=O) groups is 1. The van der Waals surface area contributed by atoms with Crippen molar-refractivity contribution in [1.29, 1.82) is 0 Å². The van der Waals surface area contributed by atoms with E-state index < -0.39 is 6.04 Å². The number of pyridine rings is 1. The van der Waals surface area contributed by atoms with Gasteiger partial charge in [0.1, 0.15) is 5.75 Å². The van der Waals surface area contributed by atoms with Gasteiger partial charge in [0.2, 0.25) is 5.91 Å². The molecule has 1 aromatic heterocycles. The average Bonchev–Trinajstić information content (AvgIpc) is 2.75. The van der Waals surface area contributed by atoms with Crippen LogP contribution in [0.4, 0.5) is 0 Å². The second-order valence-electron chi connectivity index (χ2n) is 7.12. The number of benzene rings is 3. The summed E-state index contributed by atoms with van der Waals surface area (Å²) in [6.45, 7) is 1.92. The van der Waals surface area contributed by atoms with Crippen LogP contribution in [-0.4, -0.2) is 16.0 Å². The molecule has 1 atom stereocenters. The van der Waals surface area contributed by atoms with Crippen LogP contribution in [0.25, 0.3) is 10.8 Å². The maximum Gasteiger partial charge on any atom is 0.225 e. The summed E-state index contributed by atoms with van der Waals surface area (Å²) in [5.74, 6) is 0.0340. The number of fused-ring (bicyclic) bond motifs is 1. The molecule has 0 aliphatic carbocycles. The van der Waals surface area contributed by atoms with Crippen molar-refractivity contribution in [2.75, 3.05) is 0 Å². The smallest absolute Gasteiger partial charge is 0.225 e. The molecule has 1 unspecified atom stereocenters. The number of aryl methyl sites for hydroxylation is 1. The van der Waals surface area contributed by atoms with Gasteiger partial charge in [0.15, 0.2) is 0 Å². The van der Waals surface area contributed by atoms with Crippen LogP contribution in [0.15, 0.2) is 85.1 Å². The summed E-state index contributed by atoms with van der Waals surface area (Å²) < 4.78 is 0. The number of amides is 1. The highest BCUT2D eigenvalue weighted by molar-refractivity contribution is 5.89. The van der Waals surface area contributed by atoms with Gasteiger partial charge < -0.3 is 10.4 Å². The standard InChI is InChI=1S/C25H22N2O2/c1-17-11-12-18(16-26-17)15-23(29)27-25(20-8-3-2-4-9-20)24-21-10-6-5-7-19(21)13-14-22(24)28/h2-14,16,25,28H,15H2,1H3,(H,27,29). The zero-order chi connectivity index (χ0) is 20.2. The first-order valence-electron chi connectivity index (χ1n) is 9.58. The Balaban J connectivity index is 1.73. The highest BCUT2D eigenvalue weighted by atomic mass is 16.3. The van der Waals surface area contributed by atoms with Gasteiger partial charge in [0, 0.05) is 17.5 Å². The molecule has 0 fully saturated rings. The predicted octanol–water partition coefficient (Wildman–Crippen LogP) is 4.70. The summed E-state index contributed by atoms with van der Waals surface area (Å²) in [5.41, 5.74) is 3.37. The minimum absolute atomic E-state index is 0.128. The lowest BCUT2D eigenvalue weighted by molar-refractivity contribution is -0.120. The minimum Gasteiger partial charge on any atom is -0.508 e. The van der Waals surface area contributed by atoms with Gasteiger partial charge in [0.25, 0.3) is 0 Å². The van der Waals surface area contributed by atoms with E-state index in [9.17, 15) is 9.90 Å². The Morgan fingerprint density at radius 2 is 1.72 bits per heavy atom. The van der Waals surface area contributed by atoms with Gasteiger partial charge in [-0.25, -0.2) is 0 Å². The Morgan fingerprint density at radius 3 is 2.48 bits per heavy atom. The molecular formula is C25H22N2O2. The third kappa shape index (κ3) is 4.11. The molecule has 144 valence electrons. The Bertz CT molecular complexity index is 1140. The van der Waals surface area contributed by atoms with E-state index in [0.717, 1.165) is 27.6 Å². The van der Waals surface area contributed by atoms with Crippen molar-refractivity contribution in [3.05, 3.63) is 107 Å². The first-order chi connectivity index (χ1) is 14.1. The monoisotopic (exact) mass is 382 g/mol. The number of phenols is 1. The number of carbonyl (C=O) groups excluding carboxylic acids is 1. The minimum atomic E-state index is -0.465. The van der Waals surface area contributed by atoms with Gasteiger partial charge >= 0.3 is 0 Å². The Morgan fingerprint density at radius 1 is 0.966 bits per heavy atom. The van der Waals surface area contributed by atoms with Crippen LogP contribution in [0, 0.1) is 6.92 Å². The second kappa shape index (κ2) is 8.15. The van der Waals surface area contributed by atoms with Crippen molar-refractivity contribution in [2.24, 2.45) is 0 Å². The molecule has 0 aliphatic rings. The molecule has 4 rings (SSSR count). The second-order valence-corrected chi connectivity index (χ2v) is 7.12. The zero-order valence-electron chi connectivity index (χ0n) is 16.2. The summed E-state index contributed by atoms with van der Waals surface area (Å²) in [6.07, 6.45) is 1.95. The molecule has 1 heterocycles. The van der Waals surface area contributed by atoms with Gasteiger partial charge in [-0.05, 0) is 41.0 Å². The highest BCUT2D eigenvalue weighted by Crippen LogP contribution is 2.35. The van der Waals surface area contributed by atoms with Crippen LogP contribution in [0.2, 0.25) is 0 Å². The molecule has 4 aromatic rings. The zero-order valence-corrected chi connectivity index (χ0v) is 16.2. The molecular weight excluding hydrogens is 360 g/mol. The van der Waals surface area contributed by atoms with Gasteiger partial charge in [-0.1, -0.05) is 66.7 Å². The fraction of sp³-hybridized carbons (Fsp3) is 0.120. The number of rotatable bonds is 5. The lowest BCUT2D eigenvalue weighted by Crippen LogP contribution is -2.30. The van der Waals surface area contributed by atoms with Crippen LogP contribution in [0.3, 0.4) is 0 Å². The fourth-order valence-corrected chi connectivity index (χ4v) is 3.56. The average molecular weight is 382 g/mol. The van der Waals surface area contributed by atoms with E-state index >= 15 is 0 Å². The Hall–Kier alpha value is -3.66. The highest BCUT2D eigenvalue weighted by Gasteiger charge is 2.22. The van der Waals surface area contributed by atoms with Crippen molar-refractivity contribution in [3.8, 4) is 5.75 Å². The molecule has 29 heavy (non-hydrogen) atoms. The van der Waals surface area contributed by atoms with Gasteiger partial charge in [-0.15, -0.1) is 0 Å². The largest absolute Gasteiger partial charge is 0.508 e. The molecule has 4 nitrogen and oxygen atoms in total. The summed E-state index contributed by atoms with van der Waals surface area (Å²) >= 11 is 0. The lowest BCUT2D eigenvalue weighted by atomic mass is 9.92. The number of aromatic nitrogens is 1. The fourth-order valence-electron chi connectivity index (χ4n) is 3.56. The maximum atomic E-state index is 12.9. The van der Waals surface area contributed by atoms with E-state index in [1.54, 1.807) is 12.3 Å². The van der Waals surface area contributed by atoms with Gasteiger partial charge in [0.05, 0.1) is 12.5 Å². The van der Waals surface area contributed by atoms with E-state index in [1.165, 1.54) is 0 Å². The molecule has 0 aliphatic heterocycles. The number of hydrogen-bond donors (Lipinski definition) is 2. The Labute approximate surface area is 169 Å². The summed E-state index contributed by atoms with van der Waals surface area (Å²) in [7, 11) is 0. The summed E-state index contributed by atoms with van der Waals surface area (Å²) in [5, 5.41) is 15.8.